The van der Waals surface area contributed by atoms with Gasteiger partial charge in [0.1, 0.15) is 0 Å². The molecule has 0 aromatic heterocycles. The van der Waals surface area contributed by atoms with E-state index in [9.17, 15) is 0 Å². The summed E-state index contributed by atoms with van der Waals surface area (Å²) in [5, 5.41) is 5.65. The van der Waals surface area contributed by atoms with E-state index in [0.29, 0.717) is 0 Å². The fourth-order valence-corrected chi connectivity index (χ4v) is 3.34. The van der Waals surface area contributed by atoms with Gasteiger partial charge in [-0.1, -0.05) is 24.6 Å². The normalized spacial score (nSPS) is 11.2. The van der Waals surface area contributed by atoms with Gasteiger partial charge in [0, 0.05) is 0 Å². The van der Waals surface area contributed by atoms with Crippen molar-refractivity contribution in [2.45, 2.75) is 13.3 Å². The monoisotopic (exact) mass is 436 g/mol. The van der Waals surface area contributed by atoms with Crippen molar-refractivity contribution in [2.24, 2.45) is 0 Å². The van der Waals surface area contributed by atoms with Crippen molar-refractivity contribution in [3.05, 3.63) is 60.2 Å². The van der Waals surface area contributed by atoms with Gasteiger partial charge in [-0.2, -0.15) is 44.8 Å². The Morgan fingerprint density at radius 2 is 1.40 bits per heavy atom. The van der Waals surface area contributed by atoms with Crippen LogP contribution in [0.25, 0.3) is 21.5 Å². The minimum atomic E-state index is 0. The Bertz CT molecular complexity index is 1030. The smallest absolute Gasteiger partial charge is 1.00 e. The average molecular weight is 438 g/mol. The van der Waals surface area contributed by atoms with E-state index in [1.54, 1.807) is 0 Å². The molecule has 0 bridgehead atoms. The van der Waals surface area contributed by atoms with Crippen LogP contribution in [0.3, 0.4) is 0 Å². The van der Waals surface area contributed by atoms with Crippen molar-refractivity contribution >= 4 is 58.0 Å². The largest absolute Gasteiger partial charge is 4.00 e. The van der Waals surface area contributed by atoms with Crippen LogP contribution in [-0.2, 0) is 32.6 Å². The molecule has 0 nitrogen and oxygen atoms in total. The second-order valence-corrected chi connectivity index (χ2v) is 6.18. The van der Waals surface area contributed by atoms with E-state index in [2.05, 4.69) is 76.1 Å². The molecule has 0 saturated carbocycles. The van der Waals surface area contributed by atoms with Gasteiger partial charge in [-0.15, -0.1) is 41.1 Å². The van der Waals surface area contributed by atoms with Crippen molar-refractivity contribution in [1.82, 2.24) is 0 Å². The molecule has 0 amide bonds. The van der Waals surface area contributed by atoms with Crippen LogP contribution in [0.15, 0.2) is 54.6 Å². The Morgan fingerprint density at radius 1 is 0.800 bits per heavy atom. The van der Waals surface area contributed by atoms with Crippen molar-refractivity contribution in [3.63, 3.8) is 0 Å². The third kappa shape index (κ3) is 3.70. The first-order valence-electron chi connectivity index (χ1n) is 7.94. The van der Waals surface area contributed by atoms with Gasteiger partial charge in [0.25, 0.3) is 0 Å². The van der Waals surface area contributed by atoms with Crippen LogP contribution in [0.5, 0.6) is 0 Å². The fraction of sp³-hybridized carbons (Fsp3) is 0.100. The average Bonchev–Trinajstić information content (AvgIpc) is 3.45. The maximum atomic E-state index is 2.30. The SMILES string of the molecule is CCc1ccc2c3c([cH-]c2c1)[B]3.[B]1c2[cH-]c3ccccc3c21.[Cl-].[Cl-].[Zr+4]. The van der Waals surface area contributed by atoms with Gasteiger partial charge < -0.3 is 24.8 Å². The first-order valence-corrected chi connectivity index (χ1v) is 7.94. The fourth-order valence-electron chi connectivity index (χ4n) is 3.34. The van der Waals surface area contributed by atoms with Gasteiger partial charge in [0.2, 0.25) is 0 Å². The van der Waals surface area contributed by atoms with E-state index in [1.807, 2.05) is 0 Å². The molecule has 5 heteroatoms. The molecule has 0 aliphatic carbocycles. The van der Waals surface area contributed by atoms with Crippen LogP contribution in [-0.4, -0.2) is 14.6 Å². The molecule has 2 aliphatic rings. The number of aryl methyl sites for hydroxylation is 1. The second kappa shape index (κ2) is 7.87. The standard InChI is InChI=1S/C11H9B.C9H5B.2ClH.Zr/c1-2-7-3-4-9-8(5-7)6-10-11(9)12-10;1-2-4-7-6(3-1)5-8-9(7)10-8;;;/h3-6H,2H2,1H3;1-5H;2*1H;/q2*-1;;;+4/p-2. The van der Waals surface area contributed by atoms with E-state index >= 15 is 0 Å². The zero-order chi connectivity index (χ0) is 14.7. The predicted molar refractivity (Wildman–Crippen MR) is 98.5 cm³/mol. The molecule has 118 valence electrons. The van der Waals surface area contributed by atoms with E-state index in [4.69, 9.17) is 0 Å². The van der Waals surface area contributed by atoms with Gasteiger partial charge in [0.15, 0.2) is 0 Å². The molecular formula is C20H14B2Cl2Zr. The molecule has 0 N–H and O–H groups in total. The molecule has 0 atom stereocenters. The maximum absolute atomic E-state index is 2.30. The number of halogens is 2. The minimum absolute atomic E-state index is 0. The molecule has 0 spiro atoms. The van der Waals surface area contributed by atoms with E-state index in [0.717, 1.165) is 6.42 Å². The molecule has 4 aromatic carbocycles. The van der Waals surface area contributed by atoms with Crippen molar-refractivity contribution in [1.29, 1.82) is 0 Å². The number of benzene rings is 2. The number of hydrogen-bond donors (Lipinski definition) is 0. The topological polar surface area (TPSA) is 0 Å². The Kier molecular flexibility index (Phi) is 6.47. The number of rotatable bonds is 1. The second-order valence-electron chi connectivity index (χ2n) is 6.18. The van der Waals surface area contributed by atoms with Crippen molar-refractivity contribution < 1.29 is 51.0 Å². The van der Waals surface area contributed by atoms with Crippen LogP contribution in [0.2, 0.25) is 0 Å². The molecule has 25 heavy (non-hydrogen) atoms. The molecule has 2 aliphatic heterocycles. The van der Waals surface area contributed by atoms with Crippen LogP contribution in [0, 0.1) is 0 Å². The molecule has 2 radical (unpaired) electrons. The molecular weight excluding hydrogens is 424 g/mol. The van der Waals surface area contributed by atoms with E-state index in [-0.39, 0.29) is 51.0 Å². The molecule has 2 heterocycles. The van der Waals surface area contributed by atoms with Gasteiger partial charge in [-0.05, 0) is 6.42 Å². The first kappa shape index (κ1) is 20.6. The van der Waals surface area contributed by atoms with Crippen LogP contribution in [0.1, 0.15) is 12.5 Å². The Hall–Kier alpha value is -0.747. The summed E-state index contributed by atoms with van der Waals surface area (Å²) in [5.41, 5.74) is 7.23. The van der Waals surface area contributed by atoms with Gasteiger partial charge >= 0.3 is 26.2 Å². The summed E-state index contributed by atoms with van der Waals surface area (Å²) in [4.78, 5) is 0. The number of hydrogen-bond acceptors (Lipinski definition) is 0. The summed E-state index contributed by atoms with van der Waals surface area (Å²) in [6, 6.07) is 19.8. The minimum Gasteiger partial charge on any atom is -1.00 e. The number of fused-ring (bicyclic) bond motifs is 6. The summed E-state index contributed by atoms with van der Waals surface area (Å²) < 4.78 is 0. The zero-order valence-electron chi connectivity index (χ0n) is 13.8. The molecule has 0 unspecified atom stereocenters. The summed E-state index contributed by atoms with van der Waals surface area (Å²) in [5.74, 6) is 0. The quantitative estimate of drug-likeness (QED) is 0.180. The maximum Gasteiger partial charge on any atom is 4.00 e. The summed E-state index contributed by atoms with van der Waals surface area (Å²) in [6.07, 6.45) is 1.13. The van der Waals surface area contributed by atoms with E-state index in [1.165, 1.54) is 49.0 Å². The Labute approximate surface area is 181 Å². The molecule has 0 saturated heterocycles. The van der Waals surface area contributed by atoms with Crippen LogP contribution >= 0.6 is 0 Å². The summed E-state index contributed by atoms with van der Waals surface area (Å²) in [6.45, 7) is 2.20. The predicted octanol–water partition coefficient (Wildman–Crippen LogP) is -4.38. The Balaban J connectivity index is 0.000000163. The van der Waals surface area contributed by atoms with Gasteiger partial charge in [-0.3, -0.25) is 0 Å². The van der Waals surface area contributed by atoms with E-state index < -0.39 is 0 Å². The van der Waals surface area contributed by atoms with Gasteiger partial charge in [0.05, 0.1) is 14.6 Å². The van der Waals surface area contributed by atoms with Crippen LogP contribution < -0.4 is 46.7 Å². The summed E-state index contributed by atoms with van der Waals surface area (Å²) >= 11 is 0. The van der Waals surface area contributed by atoms with Crippen molar-refractivity contribution in [3.8, 4) is 0 Å². The molecule has 0 fully saturated rings. The molecule has 6 rings (SSSR count). The van der Waals surface area contributed by atoms with Crippen LogP contribution in [0.4, 0.5) is 0 Å². The molecule has 4 aromatic rings. The third-order valence-electron chi connectivity index (χ3n) is 4.74. The Morgan fingerprint density at radius 3 is 2.04 bits per heavy atom. The first-order chi connectivity index (χ1) is 10.8. The van der Waals surface area contributed by atoms with Crippen molar-refractivity contribution in [2.75, 3.05) is 0 Å². The van der Waals surface area contributed by atoms with Gasteiger partial charge in [-0.25, -0.2) is 0 Å². The summed E-state index contributed by atoms with van der Waals surface area (Å²) in [7, 11) is 4.47. The zero-order valence-corrected chi connectivity index (χ0v) is 17.8. The third-order valence-corrected chi connectivity index (χ3v) is 4.74.